The summed E-state index contributed by atoms with van der Waals surface area (Å²) in [4.78, 5) is 4.18. The number of aliphatic hydroxyl groups excluding tert-OH is 2. The lowest BCUT2D eigenvalue weighted by molar-refractivity contribution is 0.105. The maximum Gasteiger partial charge on any atom is 0.128 e. The molecule has 0 bridgehead atoms. The lowest BCUT2D eigenvalue weighted by Crippen LogP contribution is -2.23. The van der Waals surface area contributed by atoms with Gasteiger partial charge in [-0.1, -0.05) is 6.07 Å². The third-order valence-electron chi connectivity index (χ3n) is 1.73. The van der Waals surface area contributed by atoms with Gasteiger partial charge in [-0.05, 0) is 12.1 Å². The van der Waals surface area contributed by atoms with Crippen LogP contribution in [0.3, 0.4) is 0 Å². The summed E-state index contributed by atoms with van der Waals surface area (Å²) in [5.74, 6) is 1.43. The minimum atomic E-state index is -0.755. The van der Waals surface area contributed by atoms with Gasteiger partial charge in [-0.25, -0.2) is 4.98 Å². The van der Waals surface area contributed by atoms with Crippen LogP contribution in [0.4, 0.5) is 11.6 Å². The number of nitrogens with zero attached hydrogens (tertiary/aromatic N) is 1. The number of hydrogen-bond donors (Lipinski definition) is 4. The number of nitrogens with one attached hydrogen (secondary N) is 2. The largest absolute Gasteiger partial charge is 0.394 e. The third-order valence-corrected chi connectivity index (χ3v) is 1.73. The molecule has 0 aliphatic carbocycles. The van der Waals surface area contributed by atoms with E-state index < -0.39 is 6.10 Å². The van der Waals surface area contributed by atoms with Gasteiger partial charge in [0.1, 0.15) is 11.6 Å². The molecule has 0 amide bonds. The van der Waals surface area contributed by atoms with E-state index in [1.165, 1.54) is 0 Å². The van der Waals surface area contributed by atoms with Gasteiger partial charge in [-0.3, -0.25) is 0 Å². The summed E-state index contributed by atoms with van der Waals surface area (Å²) in [5.41, 5.74) is 0. The van der Waals surface area contributed by atoms with Crippen molar-refractivity contribution >= 4 is 11.6 Å². The van der Waals surface area contributed by atoms with E-state index in [9.17, 15) is 0 Å². The first-order chi connectivity index (χ1) is 6.76. The summed E-state index contributed by atoms with van der Waals surface area (Å²) in [7, 11) is 1.79. The fraction of sp³-hybridized carbons (Fsp3) is 0.444. The van der Waals surface area contributed by atoms with Crippen molar-refractivity contribution in [3.8, 4) is 0 Å². The summed E-state index contributed by atoms with van der Waals surface area (Å²) >= 11 is 0. The van der Waals surface area contributed by atoms with Crippen molar-refractivity contribution in [2.24, 2.45) is 0 Å². The molecule has 14 heavy (non-hydrogen) atoms. The number of hydrogen-bond acceptors (Lipinski definition) is 5. The Morgan fingerprint density at radius 3 is 2.79 bits per heavy atom. The van der Waals surface area contributed by atoms with E-state index in [-0.39, 0.29) is 13.2 Å². The van der Waals surface area contributed by atoms with E-state index in [2.05, 4.69) is 15.6 Å². The molecule has 5 heteroatoms. The van der Waals surface area contributed by atoms with Gasteiger partial charge < -0.3 is 20.8 Å². The highest BCUT2D eigenvalue weighted by molar-refractivity contribution is 5.44. The number of anilines is 2. The molecule has 0 spiro atoms. The van der Waals surface area contributed by atoms with E-state index in [0.717, 1.165) is 5.82 Å². The van der Waals surface area contributed by atoms with Crippen molar-refractivity contribution in [2.45, 2.75) is 6.10 Å². The first-order valence-electron chi connectivity index (χ1n) is 4.44. The Morgan fingerprint density at radius 2 is 2.14 bits per heavy atom. The highest BCUT2D eigenvalue weighted by atomic mass is 16.3. The van der Waals surface area contributed by atoms with E-state index >= 15 is 0 Å². The highest BCUT2D eigenvalue weighted by Gasteiger charge is 2.01. The van der Waals surface area contributed by atoms with Crippen LogP contribution >= 0.6 is 0 Å². The quantitative estimate of drug-likeness (QED) is 0.530. The predicted octanol–water partition coefficient (Wildman–Crippen LogP) is -0.112. The van der Waals surface area contributed by atoms with Gasteiger partial charge in [0.25, 0.3) is 0 Å². The van der Waals surface area contributed by atoms with Crippen LogP contribution in [0.1, 0.15) is 0 Å². The molecule has 0 aliphatic rings. The van der Waals surface area contributed by atoms with Gasteiger partial charge in [0.15, 0.2) is 0 Å². The molecule has 1 rings (SSSR count). The van der Waals surface area contributed by atoms with Crippen LogP contribution in [-0.2, 0) is 0 Å². The molecule has 0 radical (unpaired) electrons. The number of aliphatic hydroxyl groups is 2. The Bertz CT molecular complexity index is 281. The van der Waals surface area contributed by atoms with Gasteiger partial charge in [-0.2, -0.15) is 0 Å². The molecule has 1 atom stereocenters. The van der Waals surface area contributed by atoms with Gasteiger partial charge in [-0.15, -0.1) is 0 Å². The average molecular weight is 197 g/mol. The Labute approximate surface area is 82.8 Å². The lowest BCUT2D eigenvalue weighted by atomic mass is 10.3. The molecule has 0 aromatic carbocycles. The summed E-state index contributed by atoms with van der Waals surface area (Å²) < 4.78 is 0. The standard InChI is InChI=1S/C9H15N3O2/c1-10-8-3-2-4-9(12-8)11-5-7(14)6-13/h2-4,7,13-14H,5-6H2,1H3,(H2,10,11,12). The zero-order valence-corrected chi connectivity index (χ0v) is 8.07. The van der Waals surface area contributed by atoms with Crippen LogP contribution < -0.4 is 10.6 Å². The maximum atomic E-state index is 9.09. The van der Waals surface area contributed by atoms with Crippen molar-refractivity contribution in [2.75, 3.05) is 30.8 Å². The molecule has 1 aromatic rings. The minimum Gasteiger partial charge on any atom is -0.394 e. The van der Waals surface area contributed by atoms with E-state index in [0.29, 0.717) is 5.82 Å². The molecule has 0 saturated heterocycles. The minimum absolute atomic E-state index is 0.251. The monoisotopic (exact) mass is 197 g/mol. The molecule has 1 unspecified atom stereocenters. The number of pyridine rings is 1. The zero-order chi connectivity index (χ0) is 10.4. The Morgan fingerprint density at radius 1 is 1.43 bits per heavy atom. The first-order valence-corrected chi connectivity index (χ1v) is 4.44. The van der Waals surface area contributed by atoms with Gasteiger partial charge >= 0.3 is 0 Å². The molecule has 78 valence electrons. The fourth-order valence-corrected chi connectivity index (χ4v) is 0.959. The molecule has 0 aliphatic heterocycles. The van der Waals surface area contributed by atoms with Crippen LogP contribution in [0.2, 0.25) is 0 Å². The Kier molecular flexibility index (Phi) is 4.15. The molecular formula is C9H15N3O2. The smallest absolute Gasteiger partial charge is 0.128 e. The predicted molar refractivity (Wildman–Crippen MR) is 55.4 cm³/mol. The zero-order valence-electron chi connectivity index (χ0n) is 8.07. The van der Waals surface area contributed by atoms with Crippen LogP contribution in [0, 0.1) is 0 Å². The van der Waals surface area contributed by atoms with Gasteiger partial charge in [0.05, 0.1) is 12.7 Å². The van der Waals surface area contributed by atoms with E-state index in [1.807, 2.05) is 12.1 Å². The van der Waals surface area contributed by atoms with Crippen molar-refractivity contribution in [3.05, 3.63) is 18.2 Å². The molecule has 0 saturated carbocycles. The Hall–Kier alpha value is -1.33. The Balaban J connectivity index is 2.50. The summed E-state index contributed by atoms with van der Waals surface area (Å²) in [6.07, 6.45) is -0.755. The summed E-state index contributed by atoms with van der Waals surface area (Å²) in [6.45, 7) is 0.0371. The van der Waals surface area contributed by atoms with Gasteiger partial charge in [0, 0.05) is 13.6 Å². The number of aromatic nitrogens is 1. The molecule has 1 heterocycles. The van der Waals surface area contributed by atoms with Crippen LogP contribution in [0.15, 0.2) is 18.2 Å². The summed E-state index contributed by atoms with van der Waals surface area (Å²) in [5, 5.41) is 23.5. The highest BCUT2D eigenvalue weighted by Crippen LogP contribution is 2.07. The van der Waals surface area contributed by atoms with E-state index in [4.69, 9.17) is 10.2 Å². The normalized spacial score (nSPS) is 12.2. The molecular weight excluding hydrogens is 182 g/mol. The molecule has 5 nitrogen and oxygen atoms in total. The lowest BCUT2D eigenvalue weighted by Gasteiger charge is -2.10. The van der Waals surface area contributed by atoms with Crippen molar-refractivity contribution in [3.63, 3.8) is 0 Å². The topological polar surface area (TPSA) is 77.4 Å². The van der Waals surface area contributed by atoms with E-state index in [1.54, 1.807) is 13.1 Å². The fourth-order valence-electron chi connectivity index (χ4n) is 0.959. The van der Waals surface area contributed by atoms with Crippen molar-refractivity contribution < 1.29 is 10.2 Å². The first kappa shape index (κ1) is 10.7. The van der Waals surface area contributed by atoms with Crippen molar-refractivity contribution in [1.82, 2.24) is 4.98 Å². The second-order valence-electron chi connectivity index (χ2n) is 2.88. The third kappa shape index (κ3) is 3.20. The van der Waals surface area contributed by atoms with Crippen LogP contribution in [-0.4, -0.2) is 41.5 Å². The average Bonchev–Trinajstić information content (AvgIpc) is 2.26. The molecule has 4 N–H and O–H groups in total. The van der Waals surface area contributed by atoms with Crippen LogP contribution in [0.5, 0.6) is 0 Å². The second-order valence-corrected chi connectivity index (χ2v) is 2.88. The SMILES string of the molecule is CNc1cccc(NCC(O)CO)n1. The molecule has 1 aromatic heterocycles. The van der Waals surface area contributed by atoms with Crippen LogP contribution in [0.25, 0.3) is 0 Å². The number of rotatable bonds is 5. The maximum absolute atomic E-state index is 9.09. The summed E-state index contributed by atoms with van der Waals surface area (Å²) in [6, 6.07) is 5.49. The second kappa shape index (κ2) is 5.41. The molecule has 0 fully saturated rings. The van der Waals surface area contributed by atoms with Gasteiger partial charge in [0.2, 0.25) is 0 Å². The van der Waals surface area contributed by atoms with Crippen molar-refractivity contribution in [1.29, 1.82) is 0 Å².